The summed E-state index contributed by atoms with van der Waals surface area (Å²) >= 11 is 1.72. The van der Waals surface area contributed by atoms with Crippen molar-refractivity contribution in [1.82, 2.24) is 0 Å². The van der Waals surface area contributed by atoms with Crippen LogP contribution in [0.3, 0.4) is 0 Å². The molecule has 1 saturated carbocycles. The van der Waals surface area contributed by atoms with Crippen LogP contribution >= 0.6 is 11.3 Å². The van der Waals surface area contributed by atoms with Gasteiger partial charge in [0, 0.05) is 0 Å². The van der Waals surface area contributed by atoms with Gasteiger partial charge in [0.2, 0.25) is 0 Å². The number of aliphatic hydroxyl groups is 1. The molecule has 1 aromatic heterocycles. The molecule has 1 atom stereocenters. The SMILES string of the molecule is OC(CCc1ccsc1)c1ccc(C2CC2)cc1. The minimum absolute atomic E-state index is 0.335. The van der Waals surface area contributed by atoms with Crippen molar-refractivity contribution in [2.45, 2.75) is 37.7 Å². The first-order valence-corrected chi connectivity index (χ1v) is 7.56. The van der Waals surface area contributed by atoms with Gasteiger partial charge in [-0.05, 0) is 65.1 Å². The highest BCUT2D eigenvalue weighted by atomic mass is 32.1. The Morgan fingerprint density at radius 3 is 2.56 bits per heavy atom. The molecule has 0 aliphatic heterocycles. The summed E-state index contributed by atoms with van der Waals surface area (Å²) in [6, 6.07) is 10.7. The van der Waals surface area contributed by atoms with E-state index >= 15 is 0 Å². The number of aryl methyl sites for hydroxylation is 1. The average molecular weight is 258 g/mol. The first-order chi connectivity index (χ1) is 8.83. The van der Waals surface area contributed by atoms with Gasteiger partial charge in [-0.1, -0.05) is 24.3 Å². The van der Waals surface area contributed by atoms with Crippen molar-refractivity contribution in [3.8, 4) is 0 Å². The lowest BCUT2D eigenvalue weighted by atomic mass is 10.0. The molecule has 1 nitrogen and oxygen atoms in total. The van der Waals surface area contributed by atoms with E-state index in [0.717, 1.165) is 24.3 Å². The lowest BCUT2D eigenvalue weighted by Gasteiger charge is -2.11. The van der Waals surface area contributed by atoms with Gasteiger partial charge < -0.3 is 5.11 Å². The zero-order valence-corrected chi connectivity index (χ0v) is 11.2. The Kier molecular flexibility index (Phi) is 3.48. The summed E-state index contributed by atoms with van der Waals surface area (Å²) in [7, 11) is 0. The molecule has 3 rings (SSSR count). The van der Waals surface area contributed by atoms with Crippen LogP contribution in [0.15, 0.2) is 41.1 Å². The van der Waals surface area contributed by atoms with E-state index in [1.807, 2.05) is 0 Å². The number of aliphatic hydroxyl groups excluding tert-OH is 1. The lowest BCUT2D eigenvalue weighted by molar-refractivity contribution is 0.168. The van der Waals surface area contributed by atoms with Crippen LogP contribution in [0.5, 0.6) is 0 Å². The molecule has 1 N–H and O–H groups in total. The molecule has 0 bridgehead atoms. The van der Waals surface area contributed by atoms with Crippen LogP contribution in [-0.2, 0) is 6.42 Å². The van der Waals surface area contributed by atoms with Crippen LogP contribution in [-0.4, -0.2) is 5.11 Å². The van der Waals surface area contributed by atoms with E-state index in [-0.39, 0.29) is 6.10 Å². The Morgan fingerprint density at radius 2 is 1.94 bits per heavy atom. The molecule has 1 unspecified atom stereocenters. The average Bonchev–Trinajstić information content (AvgIpc) is 3.13. The lowest BCUT2D eigenvalue weighted by Crippen LogP contribution is -1.99. The topological polar surface area (TPSA) is 20.2 Å². The second-order valence-electron chi connectivity index (χ2n) is 5.13. The molecule has 1 fully saturated rings. The molecule has 1 heterocycles. The minimum atomic E-state index is -0.335. The first kappa shape index (κ1) is 11.9. The highest BCUT2D eigenvalue weighted by molar-refractivity contribution is 7.07. The van der Waals surface area contributed by atoms with Gasteiger partial charge in [-0.2, -0.15) is 11.3 Å². The van der Waals surface area contributed by atoms with Crippen LogP contribution in [0.4, 0.5) is 0 Å². The van der Waals surface area contributed by atoms with E-state index in [1.165, 1.54) is 24.0 Å². The number of rotatable bonds is 5. The largest absolute Gasteiger partial charge is 0.388 e. The van der Waals surface area contributed by atoms with Gasteiger partial charge in [-0.3, -0.25) is 0 Å². The van der Waals surface area contributed by atoms with Crippen molar-refractivity contribution in [2.24, 2.45) is 0 Å². The molecule has 0 saturated heterocycles. The third-order valence-electron chi connectivity index (χ3n) is 3.66. The Hall–Kier alpha value is -1.12. The predicted octanol–water partition coefficient (Wildman–Crippen LogP) is 4.29. The third kappa shape index (κ3) is 2.82. The fraction of sp³-hybridized carbons (Fsp3) is 0.375. The zero-order chi connectivity index (χ0) is 12.4. The molecule has 2 heteroatoms. The fourth-order valence-electron chi connectivity index (χ4n) is 2.31. The van der Waals surface area contributed by atoms with Gasteiger partial charge in [0.05, 0.1) is 6.10 Å². The van der Waals surface area contributed by atoms with Gasteiger partial charge >= 0.3 is 0 Å². The molecule has 1 aliphatic rings. The van der Waals surface area contributed by atoms with E-state index in [9.17, 15) is 5.11 Å². The van der Waals surface area contributed by atoms with E-state index in [2.05, 4.69) is 41.1 Å². The van der Waals surface area contributed by atoms with Crippen molar-refractivity contribution in [3.63, 3.8) is 0 Å². The smallest absolute Gasteiger partial charge is 0.0793 e. The van der Waals surface area contributed by atoms with Crippen molar-refractivity contribution in [3.05, 3.63) is 57.8 Å². The number of hydrogen-bond donors (Lipinski definition) is 1. The molecule has 0 spiro atoms. The molecule has 1 aromatic carbocycles. The van der Waals surface area contributed by atoms with Crippen molar-refractivity contribution >= 4 is 11.3 Å². The Balaban J connectivity index is 1.59. The summed E-state index contributed by atoms with van der Waals surface area (Å²) in [5.74, 6) is 0.794. The van der Waals surface area contributed by atoms with E-state index < -0.39 is 0 Å². The van der Waals surface area contributed by atoms with E-state index in [0.29, 0.717) is 0 Å². The molecule has 0 amide bonds. The van der Waals surface area contributed by atoms with Crippen LogP contribution in [0.2, 0.25) is 0 Å². The molecule has 0 radical (unpaired) electrons. The van der Waals surface area contributed by atoms with E-state index in [4.69, 9.17) is 0 Å². The molecule has 2 aromatic rings. The fourth-order valence-corrected chi connectivity index (χ4v) is 3.02. The molecular weight excluding hydrogens is 240 g/mol. The van der Waals surface area contributed by atoms with Crippen molar-refractivity contribution < 1.29 is 5.11 Å². The molecule has 1 aliphatic carbocycles. The van der Waals surface area contributed by atoms with Gasteiger partial charge in [-0.15, -0.1) is 0 Å². The van der Waals surface area contributed by atoms with Gasteiger partial charge in [0.1, 0.15) is 0 Å². The van der Waals surface area contributed by atoms with Crippen LogP contribution in [0.1, 0.15) is 48.0 Å². The normalized spacial score (nSPS) is 16.7. The van der Waals surface area contributed by atoms with Gasteiger partial charge in [0.25, 0.3) is 0 Å². The molecule has 94 valence electrons. The highest BCUT2D eigenvalue weighted by Gasteiger charge is 2.23. The summed E-state index contributed by atoms with van der Waals surface area (Å²) in [6.07, 6.45) is 4.09. The van der Waals surface area contributed by atoms with Gasteiger partial charge in [-0.25, -0.2) is 0 Å². The van der Waals surface area contributed by atoms with E-state index in [1.54, 1.807) is 11.3 Å². The summed E-state index contributed by atoms with van der Waals surface area (Å²) in [5.41, 5.74) is 3.81. The third-order valence-corrected chi connectivity index (χ3v) is 4.39. The number of benzene rings is 1. The zero-order valence-electron chi connectivity index (χ0n) is 10.4. The quantitative estimate of drug-likeness (QED) is 0.848. The standard InChI is InChI=1S/C16H18OS/c17-16(8-1-12-9-10-18-11-12)15-6-4-14(5-7-15)13-2-3-13/h4-7,9-11,13,16-17H,1-3,8H2. The summed E-state index contributed by atoms with van der Waals surface area (Å²) in [4.78, 5) is 0. The maximum Gasteiger partial charge on any atom is 0.0793 e. The van der Waals surface area contributed by atoms with Crippen LogP contribution in [0.25, 0.3) is 0 Å². The highest BCUT2D eigenvalue weighted by Crippen LogP contribution is 2.40. The number of hydrogen-bond acceptors (Lipinski definition) is 2. The van der Waals surface area contributed by atoms with Gasteiger partial charge in [0.15, 0.2) is 0 Å². The minimum Gasteiger partial charge on any atom is -0.388 e. The van der Waals surface area contributed by atoms with Crippen molar-refractivity contribution in [2.75, 3.05) is 0 Å². The van der Waals surface area contributed by atoms with Crippen molar-refractivity contribution in [1.29, 1.82) is 0 Å². The maximum atomic E-state index is 10.2. The Morgan fingerprint density at radius 1 is 1.17 bits per heavy atom. The maximum absolute atomic E-state index is 10.2. The summed E-state index contributed by atoms with van der Waals surface area (Å²) in [5, 5.41) is 14.4. The Labute approximate surface area is 112 Å². The summed E-state index contributed by atoms with van der Waals surface area (Å²) in [6.45, 7) is 0. The van der Waals surface area contributed by atoms with Crippen LogP contribution < -0.4 is 0 Å². The number of thiophene rings is 1. The Bertz CT molecular complexity index is 482. The molecule has 18 heavy (non-hydrogen) atoms. The second kappa shape index (κ2) is 5.25. The summed E-state index contributed by atoms with van der Waals surface area (Å²) < 4.78 is 0. The first-order valence-electron chi connectivity index (χ1n) is 6.62. The monoisotopic (exact) mass is 258 g/mol. The molecular formula is C16H18OS. The van der Waals surface area contributed by atoms with Crippen LogP contribution in [0, 0.1) is 0 Å². The second-order valence-corrected chi connectivity index (χ2v) is 5.91. The predicted molar refractivity (Wildman–Crippen MR) is 76.0 cm³/mol.